The smallest absolute Gasteiger partial charge is 0.252 e. The number of likely N-dealkylation sites (N-methyl/N-ethyl adjacent to an activating group) is 1. The van der Waals surface area contributed by atoms with E-state index in [9.17, 15) is 9.59 Å². The maximum Gasteiger partial charge on any atom is 0.252 e. The van der Waals surface area contributed by atoms with Crippen molar-refractivity contribution in [2.24, 2.45) is 0 Å². The third-order valence-corrected chi connectivity index (χ3v) is 6.16. The first-order valence-corrected chi connectivity index (χ1v) is 10.4. The number of carbonyl (C=O) groups excluding carboxylic acids is 2. The van der Waals surface area contributed by atoms with Gasteiger partial charge in [-0.05, 0) is 54.2 Å². The number of thiocarbonyl (C=S) groups is 1. The quantitative estimate of drug-likeness (QED) is 0.608. The fourth-order valence-corrected chi connectivity index (χ4v) is 4.56. The summed E-state index contributed by atoms with van der Waals surface area (Å²) >= 11 is 7.13. The van der Waals surface area contributed by atoms with E-state index in [1.165, 1.54) is 0 Å². The number of anilines is 1. The number of benzene rings is 1. The summed E-state index contributed by atoms with van der Waals surface area (Å²) in [6.45, 7) is 2.92. The fraction of sp³-hybridized carbons (Fsp3) is 0.250. The average molecular weight is 413 g/mol. The van der Waals surface area contributed by atoms with Gasteiger partial charge in [0.05, 0.1) is 13.0 Å². The Morgan fingerprint density at radius 2 is 2.18 bits per heavy atom. The van der Waals surface area contributed by atoms with Crippen LogP contribution in [0.15, 0.2) is 48.0 Å². The van der Waals surface area contributed by atoms with Gasteiger partial charge in [-0.3, -0.25) is 14.5 Å². The van der Waals surface area contributed by atoms with Gasteiger partial charge in [-0.15, -0.1) is 11.3 Å². The van der Waals surface area contributed by atoms with E-state index in [0.29, 0.717) is 23.9 Å². The van der Waals surface area contributed by atoms with Crippen LogP contribution >= 0.6 is 23.6 Å². The van der Waals surface area contributed by atoms with Crippen LogP contribution in [0, 0.1) is 0 Å². The number of carbonyl (C=O) groups is 2. The standard InChI is InChI=1S/C20H20N4O2S2/c1-2-23-19(26)17(24(20(23)27)12-15-4-3-9-28-15)11-18(25)22-14-6-5-13-7-8-21-16(13)10-14/h3-10,17,21H,2,11-12H2,1H3,(H,22,25). The molecule has 6 nitrogen and oxygen atoms in total. The Balaban J connectivity index is 1.50. The zero-order valence-electron chi connectivity index (χ0n) is 15.3. The monoisotopic (exact) mass is 412 g/mol. The molecule has 3 aromatic rings. The molecule has 2 N–H and O–H groups in total. The highest BCUT2D eigenvalue weighted by atomic mass is 32.1. The molecule has 0 aliphatic carbocycles. The molecular formula is C20H20N4O2S2. The molecule has 2 aromatic heterocycles. The SMILES string of the molecule is CCN1C(=O)C(CC(=O)Nc2ccc3cc[nH]c3c2)N(Cc2cccs2)C1=S. The van der Waals surface area contributed by atoms with Crippen molar-refractivity contribution in [2.45, 2.75) is 25.9 Å². The molecule has 0 saturated carbocycles. The lowest BCUT2D eigenvalue weighted by atomic mass is 10.1. The first kappa shape index (κ1) is 18.6. The highest BCUT2D eigenvalue weighted by molar-refractivity contribution is 7.80. The van der Waals surface area contributed by atoms with Crippen LogP contribution in [0.4, 0.5) is 5.69 Å². The maximum absolute atomic E-state index is 12.8. The van der Waals surface area contributed by atoms with Gasteiger partial charge in [-0.25, -0.2) is 0 Å². The van der Waals surface area contributed by atoms with Gasteiger partial charge in [0.2, 0.25) is 5.91 Å². The molecule has 28 heavy (non-hydrogen) atoms. The van der Waals surface area contributed by atoms with Crippen LogP contribution in [0.5, 0.6) is 0 Å². The molecule has 0 spiro atoms. The van der Waals surface area contributed by atoms with Crippen molar-refractivity contribution in [1.82, 2.24) is 14.8 Å². The lowest BCUT2D eigenvalue weighted by Crippen LogP contribution is -2.37. The molecule has 0 bridgehead atoms. The summed E-state index contributed by atoms with van der Waals surface area (Å²) in [7, 11) is 0. The zero-order valence-corrected chi connectivity index (χ0v) is 17.0. The minimum Gasteiger partial charge on any atom is -0.361 e. The molecular weight excluding hydrogens is 392 g/mol. The lowest BCUT2D eigenvalue weighted by molar-refractivity contribution is -0.130. The van der Waals surface area contributed by atoms with Crippen LogP contribution in [0.1, 0.15) is 18.2 Å². The predicted octanol–water partition coefficient (Wildman–Crippen LogP) is 3.58. The molecule has 4 rings (SSSR count). The predicted molar refractivity (Wildman–Crippen MR) is 115 cm³/mol. The summed E-state index contributed by atoms with van der Waals surface area (Å²) in [5.41, 5.74) is 1.65. The zero-order chi connectivity index (χ0) is 19.7. The van der Waals surface area contributed by atoms with Crippen LogP contribution in [0.25, 0.3) is 10.9 Å². The molecule has 1 atom stereocenters. The van der Waals surface area contributed by atoms with Crippen LogP contribution in [-0.2, 0) is 16.1 Å². The van der Waals surface area contributed by atoms with Crippen molar-refractivity contribution in [3.05, 3.63) is 52.9 Å². The van der Waals surface area contributed by atoms with Gasteiger partial charge in [-0.2, -0.15) is 0 Å². The molecule has 1 unspecified atom stereocenters. The van der Waals surface area contributed by atoms with E-state index in [-0.39, 0.29) is 18.2 Å². The van der Waals surface area contributed by atoms with Crippen LogP contribution < -0.4 is 5.32 Å². The largest absolute Gasteiger partial charge is 0.361 e. The first-order valence-electron chi connectivity index (χ1n) is 9.08. The van der Waals surface area contributed by atoms with Gasteiger partial charge in [-0.1, -0.05) is 12.1 Å². The van der Waals surface area contributed by atoms with E-state index in [4.69, 9.17) is 12.2 Å². The third kappa shape index (κ3) is 3.53. The van der Waals surface area contributed by atoms with Crippen molar-refractivity contribution >= 4 is 57.1 Å². The second-order valence-electron chi connectivity index (χ2n) is 6.62. The Hall–Kier alpha value is -2.71. The number of hydrogen-bond acceptors (Lipinski definition) is 4. The van der Waals surface area contributed by atoms with Crippen molar-refractivity contribution < 1.29 is 9.59 Å². The molecule has 1 fully saturated rings. The Morgan fingerprint density at radius 3 is 2.93 bits per heavy atom. The number of H-pyrrole nitrogens is 1. The average Bonchev–Trinajstić information content (AvgIpc) is 3.39. The fourth-order valence-electron chi connectivity index (χ4n) is 3.45. The van der Waals surface area contributed by atoms with Crippen LogP contribution in [0.3, 0.4) is 0 Å². The molecule has 8 heteroatoms. The minimum atomic E-state index is -0.580. The Kier molecular flexibility index (Phi) is 5.15. The number of nitrogens with zero attached hydrogens (tertiary/aromatic N) is 2. The van der Waals surface area contributed by atoms with Crippen molar-refractivity contribution in [3.8, 4) is 0 Å². The van der Waals surface area contributed by atoms with E-state index in [1.54, 1.807) is 16.2 Å². The van der Waals surface area contributed by atoms with E-state index in [1.807, 2.05) is 59.8 Å². The minimum absolute atomic E-state index is 0.0591. The van der Waals surface area contributed by atoms with Crippen LogP contribution in [-0.4, -0.2) is 44.3 Å². The summed E-state index contributed by atoms with van der Waals surface area (Å²) in [6.07, 6.45) is 1.92. The van der Waals surface area contributed by atoms with Crippen molar-refractivity contribution in [2.75, 3.05) is 11.9 Å². The number of amides is 2. The Bertz CT molecular complexity index is 1030. The Morgan fingerprint density at radius 1 is 1.32 bits per heavy atom. The Labute approximate surface area is 172 Å². The number of aromatic nitrogens is 1. The van der Waals surface area contributed by atoms with Gasteiger partial charge in [0.1, 0.15) is 6.04 Å². The molecule has 1 saturated heterocycles. The number of rotatable bonds is 6. The number of thiophene rings is 1. The maximum atomic E-state index is 12.8. The molecule has 144 valence electrons. The topological polar surface area (TPSA) is 68.4 Å². The second-order valence-corrected chi connectivity index (χ2v) is 8.02. The molecule has 3 heterocycles. The third-order valence-electron chi connectivity index (χ3n) is 4.84. The van der Waals surface area contributed by atoms with Crippen molar-refractivity contribution in [3.63, 3.8) is 0 Å². The molecule has 1 aliphatic rings. The first-order chi connectivity index (χ1) is 13.6. The number of hydrogen-bond donors (Lipinski definition) is 2. The van der Waals surface area contributed by atoms with Crippen molar-refractivity contribution in [1.29, 1.82) is 0 Å². The van der Waals surface area contributed by atoms with Crippen LogP contribution in [0.2, 0.25) is 0 Å². The van der Waals surface area contributed by atoms with Gasteiger partial charge < -0.3 is 15.2 Å². The number of nitrogens with one attached hydrogen (secondary N) is 2. The second kappa shape index (κ2) is 7.73. The van der Waals surface area contributed by atoms with Gasteiger partial charge in [0.15, 0.2) is 5.11 Å². The summed E-state index contributed by atoms with van der Waals surface area (Å²) in [4.78, 5) is 33.2. The molecule has 2 amide bonds. The normalized spacial score (nSPS) is 17.0. The lowest BCUT2D eigenvalue weighted by Gasteiger charge is -2.23. The van der Waals surface area contributed by atoms with Gasteiger partial charge >= 0.3 is 0 Å². The van der Waals surface area contributed by atoms with Gasteiger partial charge in [0.25, 0.3) is 5.91 Å². The molecule has 1 aliphatic heterocycles. The van der Waals surface area contributed by atoms with E-state index in [2.05, 4.69) is 10.3 Å². The number of fused-ring (bicyclic) bond motifs is 1. The summed E-state index contributed by atoms with van der Waals surface area (Å²) in [5.74, 6) is -0.319. The van der Waals surface area contributed by atoms with E-state index < -0.39 is 6.04 Å². The summed E-state index contributed by atoms with van der Waals surface area (Å²) in [6, 6.07) is 11.1. The summed E-state index contributed by atoms with van der Waals surface area (Å²) < 4.78 is 0. The number of aromatic amines is 1. The molecule has 0 radical (unpaired) electrons. The van der Waals surface area contributed by atoms with E-state index >= 15 is 0 Å². The van der Waals surface area contributed by atoms with Gasteiger partial charge in [0, 0.05) is 28.8 Å². The molecule has 1 aromatic carbocycles. The summed E-state index contributed by atoms with van der Waals surface area (Å²) in [5, 5.41) is 6.46. The van der Waals surface area contributed by atoms with E-state index in [0.717, 1.165) is 15.8 Å². The highest BCUT2D eigenvalue weighted by Crippen LogP contribution is 2.25. The highest BCUT2D eigenvalue weighted by Gasteiger charge is 2.42.